The lowest BCUT2D eigenvalue weighted by Gasteiger charge is -2.34. The van der Waals surface area contributed by atoms with E-state index in [1.807, 2.05) is 5.38 Å². The van der Waals surface area contributed by atoms with Gasteiger partial charge in [0.25, 0.3) is 0 Å². The summed E-state index contributed by atoms with van der Waals surface area (Å²) < 4.78 is 39.2. The lowest BCUT2D eigenvalue weighted by Crippen LogP contribution is -2.41. The van der Waals surface area contributed by atoms with E-state index in [4.69, 9.17) is 0 Å². The zero-order chi connectivity index (χ0) is 17.2. The Kier molecular flexibility index (Phi) is 4.75. The average molecular weight is 355 g/mol. The van der Waals surface area contributed by atoms with E-state index in [9.17, 15) is 18.0 Å². The molecule has 0 aliphatic carbocycles. The summed E-state index contributed by atoms with van der Waals surface area (Å²) in [6.07, 6.45) is -0.282. The predicted octanol–water partition coefficient (Wildman–Crippen LogP) is 4.92. The minimum absolute atomic E-state index is 0.184. The number of halogens is 3. The molecule has 1 atom stereocenters. The second-order valence-corrected chi connectivity index (χ2v) is 6.47. The molecule has 1 aliphatic rings. The Labute approximate surface area is 141 Å². The highest BCUT2D eigenvalue weighted by Crippen LogP contribution is 2.36. The molecule has 0 spiro atoms. The SMILES string of the molecule is O=C(Nc1ccccc1C(F)(F)F)N1CCCC[C@@H]1c1nccs1. The molecule has 4 nitrogen and oxygen atoms in total. The van der Waals surface area contributed by atoms with E-state index in [1.54, 1.807) is 11.1 Å². The van der Waals surface area contributed by atoms with Gasteiger partial charge >= 0.3 is 12.2 Å². The van der Waals surface area contributed by atoms with Crippen LogP contribution in [0.25, 0.3) is 0 Å². The number of hydrogen-bond donors (Lipinski definition) is 1. The maximum Gasteiger partial charge on any atom is 0.418 e. The van der Waals surface area contributed by atoms with Gasteiger partial charge in [0.2, 0.25) is 0 Å². The fraction of sp³-hybridized carbons (Fsp3) is 0.375. The van der Waals surface area contributed by atoms with E-state index in [0.29, 0.717) is 6.54 Å². The van der Waals surface area contributed by atoms with Crippen molar-refractivity contribution in [1.29, 1.82) is 0 Å². The summed E-state index contributed by atoms with van der Waals surface area (Å²) in [4.78, 5) is 18.4. The van der Waals surface area contributed by atoms with Gasteiger partial charge in [-0.15, -0.1) is 11.3 Å². The zero-order valence-corrected chi connectivity index (χ0v) is 13.5. The number of likely N-dealkylation sites (tertiary alicyclic amines) is 1. The number of thiazole rings is 1. The number of aromatic nitrogens is 1. The summed E-state index contributed by atoms with van der Waals surface area (Å²) >= 11 is 1.45. The van der Waals surface area contributed by atoms with Crippen LogP contribution in [0.5, 0.6) is 0 Å². The molecule has 1 saturated heterocycles. The predicted molar refractivity (Wildman–Crippen MR) is 85.9 cm³/mol. The lowest BCUT2D eigenvalue weighted by atomic mass is 10.0. The number of hydrogen-bond acceptors (Lipinski definition) is 3. The van der Waals surface area contributed by atoms with Crippen molar-refractivity contribution in [2.24, 2.45) is 0 Å². The van der Waals surface area contributed by atoms with Gasteiger partial charge in [-0.2, -0.15) is 13.2 Å². The fourth-order valence-corrected chi connectivity index (χ4v) is 3.64. The quantitative estimate of drug-likeness (QED) is 0.831. The fourth-order valence-electron chi connectivity index (χ4n) is 2.86. The Morgan fingerprint density at radius 3 is 2.79 bits per heavy atom. The molecular formula is C16H16F3N3OS. The Morgan fingerprint density at radius 1 is 1.29 bits per heavy atom. The van der Waals surface area contributed by atoms with Crippen molar-refractivity contribution in [3.05, 3.63) is 46.4 Å². The van der Waals surface area contributed by atoms with E-state index in [1.165, 1.54) is 29.5 Å². The lowest BCUT2D eigenvalue weighted by molar-refractivity contribution is -0.136. The second kappa shape index (κ2) is 6.80. The van der Waals surface area contributed by atoms with Crippen LogP contribution in [-0.2, 0) is 6.18 Å². The van der Waals surface area contributed by atoms with Crippen LogP contribution in [-0.4, -0.2) is 22.5 Å². The molecule has 0 radical (unpaired) electrons. The molecule has 1 aromatic heterocycles. The normalized spacial score (nSPS) is 18.5. The number of amides is 2. The molecule has 1 aromatic carbocycles. The van der Waals surface area contributed by atoms with Crippen molar-refractivity contribution in [2.75, 3.05) is 11.9 Å². The van der Waals surface area contributed by atoms with Gasteiger partial charge in [0, 0.05) is 18.1 Å². The maximum atomic E-state index is 13.1. The van der Waals surface area contributed by atoms with Crippen LogP contribution in [0.3, 0.4) is 0 Å². The number of anilines is 1. The van der Waals surface area contributed by atoms with E-state index in [0.717, 1.165) is 30.3 Å². The molecule has 0 unspecified atom stereocenters. The van der Waals surface area contributed by atoms with Crippen LogP contribution in [0.15, 0.2) is 35.8 Å². The molecular weight excluding hydrogens is 339 g/mol. The van der Waals surface area contributed by atoms with Crippen LogP contribution < -0.4 is 5.32 Å². The summed E-state index contributed by atoms with van der Waals surface area (Å²) in [5.74, 6) is 0. The van der Waals surface area contributed by atoms with Crippen molar-refractivity contribution in [1.82, 2.24) is 9.88 Å². The van der Waals surface area contributed by atoms with E-state index >= 15 is 0 Å². The summed E-state index contributed by atoms with van der Waals surface area (Å²) in [7, 11) is 0. The van der Waals surface area contributed by atoms with Crippen molar-refractivity contribution in [3.8, 4) is 0 Å². The monoisotopic (exact) mass is 355 g/mol. The van der Waals surface area contributed by atoms with Gasteiger partial charge in [0.1, 0.15) is 5.01 Å². The average Bonchev–Trinajstić information content (AvgIpc) is 3.08. The first-order chi connectivity index (χ1) is 11.5. The van der Waals surface area contributed by atoms with E-state index in [2.05, 4.69) is 10.3 Å². The third-order valence-corrected chi connectivity index (χ3v) is 4.85. The van der Waals surface area contributed by atoms with Gasteiger partial charge in [0.05, 0.1) is 17.3 Å². The maximum absolute atomic E-state index is 13.1. The molecule has 0 bridgehead atoms. The van der Waals surface area contributed by atoms with Gasteiger partial charge in [0.15, 0.2) is 0 Å². The van der Waals surface area contributed by atoms with Crippen molar-refractivity contribution in [3.63, 3.8) is 0 Å². The molecule has 8 heteroatoms. The van der Waals surface area contributed by atoms with Crippen LogP contribution in [0.1, 0.15) is 35.9 Å². The number of piperidine rings is 1. The van der Waals surface area contributed by atoms with Crippen LogP contribution >= 0.6 is 11.3 Å². The van der Waals surface area contributed by atoms with E-state index in [-0.39, 0.29) is 11.7 Å². The first kappa shape index (κ1) is 16.8. The Hall–Kier alpha value is -2.09. The molecule has 2 heterocycles. The number of para-hydroxylation sites is 1. The second-order valence-electron chi connectivity index (χ2n) is 5.55. The molecule has 0 saturated carbocycles. The summed E-state index contributed by atoms with van der Waals surface area (Å²) in [6, 6.07) is 4.30. The first-order valence-corrected chi connectivity index (χ1v) is 8.48. The zero-order valence-electron chi connectivity index (χ0n) is 12.7. The highest BCUT2D eigenvalue weighted by Gasteiger charge is 2.35. The highest BCUT2D eigenvalue weighted by atomic mass is 32.1. The molecule has 24 heavy (non-hydrogen) atoms. The summed E-state index contributed by atoms with van der Waals surface area (Å²) in [5, 5.41) is 5.07. The largest absolute Gasteiger partial charge is 0.418 e. The van der Waals surface area contributed by atoms with Gasteiger partial charge in [-0.05, 0) is 31.4 Å². The Morgan fingerprint density at radius 2 is 2.08 bits per heavy atom. The van der Waals surface area contributed by atoms with Crippen LogP contribution in [0, 0.1) is 0 Å². The Balaban J connectivity index is 1.82. The minimum atomic E-state index is -4.51. The minimum Gasteiger partial charge on any atom is -0.315 e. The third-order valence-electron chi connectivity index (χ3n) is 3.97. The number of benzene rings is 1. The molecule has 1 N–H and O–H groups in total. The highest BCUT2D eigenvalue weighted by molar-refractivity contribution is 7.09. The van der Waals surface area contributed by atoms with E-state index < -0.39 is 17.8 Å². The number of carbonyl (C=O) groups excluding carboxylic acids is 1. The first-order valence-electron chi connectivity index (χ1n) is 7.60. The molecule has 1 aliphatic heterocycles. The standard InChI is InChI=1S/C16H16F3N3OS/c17-16(18,19)11-5-1-2-6-12(11)21-15(23)22-9-4-3-7-13(22)14-20-8-10-24-14/h1-2,5-6,8,10,13H,3-4,7,9H2,(H,21,23)/t13-/m1/s1. The van der Waals surface area contributed by atoms with Gasteiger partial charge in [-0.25, -0.2) is 9.78 Å². The number of nitrogens with one attached hydrogen (secondary N) is 1. The molecule has 2 amide bonds. The number of urea groups is 1. The van der Waals surface area contributed by atoms with Gasteiger partial charge in [-0.1, -0.05) is 12.1 Å². The van der Waals surface area contributed by atoms with Crippen molar-refractivity contribution < 1.29 is 18.0 Å². The summed E-state index contributed by atoms with van der Waals surface area (Å²) in [5.41, 5.74) is -1.07. The summed E-state index contributed by atoms with van der Waals surface area (Å²) in [6.45, 7) is 0.504. The molecule has 128 valence electrons. The smallest absolute Gasteiger partial charge is 0.315 e. The molecule has 3 rings (SSSR count). The van der Waals surface area contributed by atoms with Crippen molar-refractivity contribution >= 4 is 23.1 Å². The third kappa shape index (κ3) is 3.53. The van der Waals surface area contributed by atoms with Gasteiger partial charge < -0.3 is 10.2 Å². The molecule has 1 fully saturated rings. The number of rotatable bonds is 2. The van der Waals surface area contributed by atoms with Crippen molar-refractivity contribution in [2.45, 2.75) is 31.5 Å². The van der Waals surface area contributed by atoms with Crippen LogP contribution in [0.4, 0.5) is 23.7 Å². The number of carbonyl (C=O) groups is 1. The number of alkyl halides is 3. The van der Waals surface area contributed by atoms with Gasteiger partial charge in [-0.3, -0.25) is 0 Å². The molecule has 2 aromatic rings. The topological polar surface area (TPSA) is 45.2 Å². The van der Waals surface area contributed by atoms with Crippen LogP contribution in [0.2, 0.25) is 0 Å². The number of nitrogens with zero attached hydrogens (tertiary/aromatic N) is 2. The Bertz CT molecular complexity index is 703.